The molecule has 2 atom stereocenters. The van der Waals surface area contributed by atoms with Crippen LogP contribution in [0.5, 0.6) is 0 Å². The van der Waals surface area contributed by atoms with Crippen LogP contribution in [0, 0.1) is 5.92 Å². The van der Waals surface area contributed by atoms with Crippen molar-refractivity contribution in [2.75, 3.05) is 0 Å². The Balaban J connectivity index is 2.74. The zero-order valence-electron chi connectivity index (χ0n) is 9.57. The molecular weight excluding hydrogens is 306 g/mol. The van der Waals surface area contributed by atoms with E-state index >= 15 is 0 Å². The summed E-state index contributed by atoms with van der Waals surface area (Å²) in [6.07, 6.45) is 0.700. The van der Waals surface area contributed by atoms with Gasteiger partial charge in [0.2, 0.25) is 0 Å². The highest BCUT2D eigenvalue weighted by Crippen LogP contribution is 2.22. The molecule has 0 saturated carbocycles. The molecule has 0 aliphatic heterocycles. The second kappa shape index (κ2) is 6.16. The van der Waals surface area contributed by atoms with E-state index in [1.165, 1.54) is 11.3 Å². The molecule has 0 aliphatic rings. The van der Waals surface area contributed by atoms with E-state index < -0.39 is 12.0 Å². The summed E-state index contributed by atoms with van der Waals surface area (Å²) < 4.78 is 0.845. The smallest absolute Gasteiger partial charge is 0.326 e. The van der Waals surface area contributed by atoms with Crippen LogP contribution in [0.15, 0.2) is 15.9 Å². The Hall–Kier alpha value is -0.880. The number of hydrogen-bond acceptors (Lipinski definition) is 3. The minimum Gasteiger partial charge on any atom is -0.480 e. The van der Waals surface area contributed by atoms with E-state index in [0.717, 1.165) is 3.79 Å². The maximum Gasteiger partial charge on any atom is 0.326 e. The standard InChI is InChI=1S/C11H14BrNO3S/c1-3-6(2)9(11(15)16)13-10(14)7-4-5-8(12)17-7/h4-6,9H,3H2,1-2H3,(H,13,14)(H,15,16)/t6?,9-/m0/s1. The lowest BCUT2D eigenvalue weighted by Crippen LogP contribution is -2.44. The molecule has 1 rings (SSSR count). The molecular formula is C11H14BrNO3S. The normalized spacial score (nSPS) is 14.1. The van der Waals surface area contributed by atoms with Crippen molar-refractivity contribution in [1.29, 1.82) is 0 Å². The van der Waals surface area contributed by atoms with Crippen LogP contribution in [0.3, 0.4) is 0 Å². The van der Waals surface area contributed by atoms with Crippen LogP contribution in [0.1, 0.15) is 29.9 Å². The van der Waals surface area contributed by atoms with Crippen molar-refractivity contribution in [2.45, 2.75) is 26.3 Å². The summed E-state index contributed by atoms with van der Waals surface area (Å²) in [4.78, 5) is 23.4. The summed E-state index contributed by atoms with van der Waals surface area (Å²) in [7, 11) is 0. The lowest BCUT2D eigenvalue weighted by molar-refractivity contribution is -0.140. The fourth-order valence-corrected chi connectivity index (χ4v) is 2.62. The van der Waals surface area contributed by atoms with E-state index in [4.69, 9.17) is 5.11 Å². The summed E-state index contributed by atoms with van der Waals surface area (Å²) >= 11 is 4.54. The summed E-state index contributed by atoms with van der Waals surface area (Å²) in [5.74, 6) is -1.43. The number of hydrogen-bond donors (Lipinski definition) is 2. The summed E-state index contributed by atoms with van der Waals surface area (Å²) in [6, 6.07) is 2.59. The Kier molecular flexibility index (Phi) is 5.14. The molecule has 1 unspecified atom stereocenters. The first-order valence-electron chi connectivity index (χ1n) is 5.24. The fraction of sp³-hybridized carbons (Fsp3) is 0.455. The number of amides is 1. The molecule has 1 amide bonds. The van der Waals surface area contributed by atoms with Gasteiger partial charge >= 0.3 is 5.97 Å². The van der Waals surface area contributed by atoms with Crippen LogP contribution >= 0.6 is 27.3 Å². The number of rotatable bonds is 5. The van der Waals surface area contributed by atoms with Crippen LogP contribution < -0.4 is 5.32 Å². The van der Waals surface area contributed by atoms with Crippen molar-refractivity contribution < 1.29 is 14.7 Å². The van der Waals surface area contributed by atoms with Gasteiger partial charge < -0.3 is 10.4 Å². The number of carbonyl (C=O) groups excluding carboxylic acids is 1. The van der Waals surface area contributed by atoms with Crippen LogP contribution in [-0.4, -0.2) is 23.0 Å². The van der Waals surface area contributed by atoms with Gasteiger partial charge in [-0.15, -0.1) is 11.3 Å². The summed E-state index contributed by atoms with van der Waals surface area (Å²) in [6.45, 7) is 3.71. The van der Waals surface area contributed by atoms with Crippen LogP contribution in [0.4, 0.5) is 0 Å². The van der Waals surface area contributed by atoms with Crippen LogP contribution in [0.2, 0.25) is 0 Å². The number of halogens is 1. The van der Waals surface area contributed by atoms with Crippen molar-refractivity contribution >= 4 is 39.1 Å². The average molecular weight is 320 g/mol. The minimum atomic E-state index is -0.997. The highest BCUT2D eigenvalue weighted by molar-refractivity contribution is 9.11. The van der Waals surface area contributed by atoms with Gasteiger partial charge in [-0.1, -0.05) is 20.3 Å². The second-order valence-electron chi connectivity index (χ2n) is 3.78. The fourth-order valence-electron chi connectivity index (χ4n) is 1.33. The van der Waals surface area contributed by atoms with Crippen molar-refractivity contribution in [2.24, 2.45) is 5.92 Å². The highest BCUT2D eigenvalue weighted by Gasteiger charge is 2.26. The summed E-state index contributed by atoms with van der Waals surface area (Å²) in [5.41, 5.74) is 0. The zero-order valence-corrected chi connectivity index (χ0v) is 12.0. The van der Waals surface area contributed by atoms with Crippen LogP contribution in [0.25, 0.3) is 0 Å². The van der Waals surface area contributed by atoms with Gasteiger partial charge in [0.15, 0.2) is 0 Å². The molecule has 1 aromatic heterocycles. The Morgan fingerprint density at radius 3 is 2.59 bits per heavy atom. The average Bonchev–Trinajstić information content (AvgIpc) is 2.71. The molecule has 0 aliphatic carbocycles. The molecule has 0 fully saturated rings. The van der Waals surface area contributed by atoms with Crippen LogP contribution in [-0.2, 0) is 4.79 Å². The van der Waals surface area contributed by atoms with E-state index in [0.29, 0.717) is 11.3 Å². The number of nitrogens with one attached hydrogen (secondary N) is 1. The maximum absolute atomic E-state index is 11.8. The van der Waals surface area contributed by atoms with Crippen molar-refractivity contribution in [3.8, 4) is 0 Å². The monoisotopic (exact) mass is 319 g/mol. The van der Waals surface area contributed by atoms with Gasteiger partial charge in [0.1, 0.15) is 6.04 Å². The van der Waals surface area contributed by atoms with Gasteiger partial charge in [0, 0.05) is 0 Å². The number of carbonyl (C=O) groups is 2. The third kappa shape index (κ3) is 3.81. The van der Waals surface area contributed by atoms with Gasteiger partial charge in [-0.25, -0.2) is 4.79 Å². The largest absolute Gasteiger partial charge is 0.480 e. The lowest BCUT2D eigenvalue weighted by atomic mass is 9.99. The topological polar surface area (TPSA) is 66.4 Å². The number of thiophene rings is 1. The Morgan fingerprint density at radius 1 is 1.53 bits per heavy atom. The third-order valence-electron chi connectivity index (χ3n) is 2.56. The quantitative estimate of drug-likeness (QED) is 0.877. The van der Waals surface area contributed by atoms with E-state index in [1.807, 2.05) is 13.8 Å². The Bertz CT molecular complexity index is 419. The predicted octanol–water partition coefficient (Wildman–Crippen LogP) is 2.74. The molecule has 17 heavy (non-hydrogen) atoms. The molecule has 0 spiro atoms. The molecule has 94 valence electrons. The van der Waals surface area contributed by atoms with Gasteiger partial charge in [-0.05, 0) is 34.0 Å². The first kappa shape index (κ1) is 14.2. The Labute approximate surface area is 112 Å². The highest BCUT2D eigenvalue weighted by atomic mass is 79.9. The molecule has 1 heterocycles. The van der Waals surface area contributed by atoms with Gasteiger partial charge in [0.25, 0.3) is 5.91 Å². The lowest BCUT2D eigenvalue weighted by Gasteiger charge is -2.19. The molecule has 4 nitrogen and oxygen atoms in total. The minimum absolute atomic E-state index is 0.0974. The summed E-state index contributed by atoms with van der Waals surface area (Å²) in [5, 5.41) is 11.6. The zero-order chi connectivity index (χ0) is 13.0. The first-order valence-corrected chi connectivity index (χ1v) is 6.85. The van der Waals surface area contributed by atoms with Gasteiger partial charge in [0.05, 0.1) is 8.66 Å². The number of aliphatic carboxylic acids is 1. The molecule has 0 aromatic carbocycles. The second-order valence-corrected chi connectivity index (χ2v) is 6.24. The molecule has 0 radical (unpaired) electrons. The number of carboxylic acids is 1. The first-order chi connectivity index (χ1) is 7.95. The third-order valence-corrected chi connectivity index (χ3v) is 4.19. The molecule has 0 bridgehead atoms. The van der Waals surface area contributed by atoms with E-state index in [-0.39, 0.29) is 11.8 Å². The SMILES string of the molecule is CCC(C)[C@H](NC(=O)c1ccc(Br)s1)C(=O)O. The van der Waals surface area contributed by atoms with Gasteiger partial charge in [-0.3, -0.25) is 4.79 Å². The Morgan fingerprint density at radius 2 is 2.18 bits per heavy atom. The van der Waals surface area contributed by atoms with E-state index in [1.54, 1.807) is 12.1 Å². The number of carboxylic acid groups (broad SMARTS) is 1. The van der Waals surface area contributed by atoms with Crippen molar-refractivity contribution in [3.63, 3.8) is 0 Å². The predicted molar refractivity (Wildman–Crippen MR) is 70.4 cm³/mol. The van der Waals surface area contributed by atoms with Crippen molar-refractivity contribution in [3.05, 3.63) is 20.8 Å². The molecule has 0 saturated heterocycles. The molecule has 6 heteroatoms. The van der Waals surface area contributed by atoms with E-state index in [2.05, 4.69) is 21.2 Å². The van der Waals surface area contributed by atoms with Gasteiger partial charge in [-0.2, -0.15) is 0 Å². The van der Waals surface area contributed by atoms with E-state index in [9.17, 15) is 9.59 Å². The van der Waals surface area contributed by atoms with Crippen molar-refractivity contribution in [1.82, 2.24) is 5.32 Å². The molecule has 2 N–H and O–H groups in total. The molecule has 1 aromatic rings. The maximum atomic E-state index is 11.8.